The number of hydrogen-bond donors (Lipinski definition) is 3. The first kappa shape index (κ1) is 14.2. The molecule has 1 amide bonds. The van der Waals surface area contributed by atoms with Crippen LogP contribution in [0.4, 0.5) is 0 Å². The van der Waals surface area contributed by atoms with Gasteiger partial charge in [0.25, 0.3) is 0 Å². The Morgan fingerprint density at radius 2 is 2.07 bits per heavy atom. The van der Waals surface area contributed by atoms with Crippen molar-refractivity contribution in [1.29, 1.82) is 0 Å². The summed E-state index contributed by atoms with van der Waals surface area (Å²) in [6, 6.07) is -0.812. The van der Waals surface area contributed by atoms with E-state index in [1.165, 1.54) is 0 Å². The minimum Gasteiger partial charge on any atom is -0.480 e. The number of carbonyl (C=O) groups excluding carboxylic acids is 1. The minimum atomic E-state index is -0.992. The normalized spacial score (nSPS) is 14.3. The number of carboxylic acid groups (broad SMARTS) is 1. The Kier molecular flexibility index (Phi) is 7.07. The molecule has 0 rings (SSSR count). The Labute approximate surface area is 94.0 Å². The molecule has 2 atom stereocenters. The van der Waals surface area contributed by atoms with Crippen molar-refractivity contribution in [2.45, 2.75) is 37.6 Å². The zero-order valence-electron chi connectivity index (χ0n) is 8.70. The first-order chi connectivity index (χ1) is 6.95. The number of amides is 1. The molecular weight excluding hydrogens is 220 g/mol. The predicted octanol–water partition coefficient (Wildman–Crippen LogP) is 0.312. The largest absolute Gasteiger partial charge is 0.480 e. The number of halogens is 1. The van der Waals surface area contributed by atoms with Gasteiger partial charge in [-0.1, -0.05) is 0 Å². The van der Waals surface area contributed by atoms with Crippen molar-refractivity contribution in [2.24, 2.45) is 5.73 Å². The molecule has 0 saturated carbocycles. The maximum Gasteiger partial charge on any atom is 0.320 e. The van der Waals surface area contributed by atoms with E-state index in [0.717, 1.165) is 0 Å². The number of carbonyl (C=O) groups is 2. The summed E-state index contributed by atoms with van der Waals surface area (Å²) in [5.74, 6) is -1.20. The topological polar surface area (TPSA) is 92.4 Å². The highest BCUT2D eigenvalue weighted by atomic mass is 35.5. The number of alkyl halides is 1. The average molecular weight is 237 g/mol. The molecule has 15 heavy (non-hydrogen) atoms. The lowest BCUT2D eigenvalue weighted by Crippen LogP contribution is -2.32. The van der Waals surface area contributed by atoms with Crippen molar-refractivity contribution in [3.8, 4) is 0 Å². The van der Waals surface area contributed by atoms with Gasteiger partial charge in [0.2, 0.25) is 5.91 Å². The zero-order chi connectivity index (χ0) is 11.8. The van der Waals surface area contributed by atoms with Crippen LogP contribution in [0.5, 0.6) is 0 Å². The van der Waals surface area contributed by atoms with Gasteiger partial charge < -0.3 is 16.2 Å². The van der Waals surface area contributed by atoms with Crippen LogP contribution < -0.4 is 11.1 Å². The first-order valence-corrected chi connectivity index (χ1v) is 5.29. The number of nitrogens with one attached hydrogen (secondary N) is 1. The quantitative estimate of drug-likeness (QED) is 0.438. The van der Waals surface area contributed by atoms with E-state index in [1.54, 1.807) is 6.92 Å². The number of unbranched alkanes of at least 4 members (excludes halogenated alkanes) is 1. The maximum absolute atomic E-state index is 11.0. The molecule has 0 aromatic rings. The van der Waals surface area contributed by atoms with Crippen LogP contribution in [0.2, 0.25) is 0 Å². The van der Waals surface area contributed by atoms with Gasteiger partial charge in [-0.2, -0.15) is 0 Å². The lowest BCUT2D eigenvalue weighted by atomic mass is 10.1. The molecule has 1 unspecified atom stereocenters. The highest BCUT2D eigenvalue weighted by molar-refractivity contribution is 6.30. The molecule has 0 bridgehead atoms. The summed E-state index contributed by atoms with van der Waals surface area (Å²) in [7, 11) is 0. The lowest BCUT2D eigenvalue weighted by Gasteiger charge is -2.07. The Morgan fingerprint density at radius 1 is 1.47 bits per heavy atom. The SMILES string of the molecule is CC(Cl)C(=O)NCCCC[C@H](N)C(=O)O. The molecule has 0 aliphatic heterocycles. The zero-order valence-corrected chi connectivity index (χ0v) is 9.46. The Hall–Kier alpha value is -0.810. The first-order valence-electron chi connectivity index (χ1n) is 4.85. The molecule has 0 aromatic carbocycles. The fourth-order valence-corrected chi connectivity index (χ4v) is 1.04. The molecular formula is C9H17ClN2O3. The van der Waals surface area contributed by atoms with Crippen molar-refractivity contribution in [3.05, 3.63) is 0 Å². The smallest absolute Gasteiger partial charge is 0.320 e. The Bertz CT molecular complexity index is 221. The second-order valence-electron chi connectivity index (χ2n) is 3.35. The van der Waals surface area contributed by atoms with E-state index in [1.807, 2.05) is 0 Å². The summed E-state index contributed by atoms with van der Waals surface area (Å²) in [5.41, 5.74) is 5.30. The van der Waals surface area contributed by atoms with Crippen LogP contribution in [-0.4, -0.2) is 34.9 Å². The lowest BCUT2D eigenvalue weighted by molar-refractivity contribution is -0.138. The van der Waals surface area contributed by atoms with Crippen molar-refractivity contribution < 1.29 is 14.7 Å². The second-order valence-corrected chi connectivity index (χ2v) is 4.00. The number of nitrogens with two attached hydrogens (primary N) is 1. The van der Waals surface area contributed by atoms with Crippen LogP contribution in [0.3, 0.4) is 0 Å². The molecule has 5 nitrogen and oxygen atoms in total. The summed E-state index contributed by atoms with van der Waals surface area (Å²) in [6.45, 7) is 2.10. The summed E-state index contributed by atoms with van der Waals surface area (Å²) < 4.78 is 0. The molecule has 88 valence electrons. The van der Waals surface area contributed by atoms with Gasteiger partial charge in [0.05, 0.1) is 0 Å². The fraction of sp³-hybridized carbons (Fsp3) is 0.778. The number of hydrogen-bond acceptors (Lipinski definition) is 3. The summed E-state index contributed by atoms with van der Waals surface area (Å²) in [4.78, 5) is 21.3. The van der Waals surface area contributed by atoms with E-state index in [4.69, 9.17) is 22.4 Å². The van der Waals surface area contributed by atoms with Crippen molar-refractivity contribution in [2.75, 3.05) is 6.54 Å². The summed E-state index contributed by atoms with van der Waals surface area (Å²) in [5, 5.41) is 10.6. The summed E-state index contributed by atoms with van der Waals surface area (Å²) in [6.07, 6.45) is 1.79. The van der Waals surface area contributed by atoms with Gasteiger partial charge in [0, 0.05) is 6.54 Å². The van der Waals surface area contributed by atoms with E-state index in [9.17, 15) is 9.59 Å². The van der Waals surface area contributed by atoms with Crippen LogP contribution in [0.15, 0.2) is 0 Å². The molecule has 0 fully saturated rings. The fourth-order valence-electron chi connectivity index (χ4n) is 0.965. The Balaban J connectivity index is 3.40. The van der Waals surface area contributed by atoms with Gasteiger partial charge in [-0.15, -0.1) is 11.6 Å². The van der Waals surface area contributed by atoms with E-state index in [0.29, 0.717) is 25.8 Å². The van der Waals surface area contributed by atoms with E-state index >= 15 is 0 Å². The predicted molar refractivity (Wildman–Crippen MR) is 57.8 cm³/mol. The molecule has 6 heteroatoms. The molecule has 0 radical (unpaired) electrons. The third-order valence-corrected chi connectivity index (χ3v) is 2.12. The van der Waals surface area contributed by atoms with Crippen molar-refractivity contribution in [1.82, 2.24) is 5.32 Å². The van der Waals surface area contributed by atoms with Crippen LogP contribution in [0.1, 0.15) is 26.2 Å². The molecule has 0 spiro atoms. The third-order valence-electron chi connectivity index (χ3n) is 1.92. The van der Waals surface area contributed by atoms with Crippen LogP contribution >= 0.6 is 11.6 Å². The highest BCUT2D eigenvalue weighted by Crippen LogP contribution is 1.99. The van der Waals surface area contributed by atoms with Crippen LogP contribution in [0, 0.1) is 0 Å². The van der Waals surface area contributed by atoms with Gasteiger partial charge in [-0.25, -0.2) is 0 Å². The standard InChI is InChI=1S/C9H17ClN2O3/c1-6(10)8(13)12-5-3-2-4-7(11)9(14)15/h6-7H,2-5,11H2,1H3,(H,12,13)(H,14,15)/t6?,7-/m0/s1. The maximum atomic E-state index is 11.0. The molecule has 0 aliphatic rings. The van der Waals surface area contributed by atoms with Gasteiger partial charge in [0.15, 0.2) is 0 Å². The van der Waals surface area contributed by atoms with Crippen molar-refractivity contribution >= 4 is 23.5 Å². The van der Waals surface area contributed by atoms with E-state index in [-0.39, 0.29) is 5.91 Å². The van der Waals surface area contributed by atoms with Crippen LogP contribution in [-0.2, 0) is 9.59 Å². The molecule has 0 aromatic heterocycles. The number of aliphatic carboxylic acids is 1. The van der Waals surface area contributed by atoms with E-state index < -0.39 is 17.4 Å². The molecule has 4 N–H and O–H groups in total. The molecule has 0 saturated heterocycles. The molecule has 0 heterocycles. The van der Waals surface area contributed by atoms with Gasteiger partial charge in [-0.05, 0) is 26.2 Å². The minimum absolute atomic E-state index is 0.209. The third kappa shape index (κ3) is 7.16. The summed E-state index contributed by atoms with van der Waals surface area (Å²) >= 11 is 5.52. The van der Waals surface area contributed by atoms with Gasteiger partial charge >= 0.3 is 5.97 Å². The number of carboxylic acids is 1. The van der Waals surface area contributed by atoms with Crippen molar-refractivity contribution in [3.63, 3.8) is 0 Å². The molecule has 0 aliphatic carbocycles. The highest BCUT2D eigenvalue weighted by Gasteiger charge is 2.11. The number of rotatable bonds is 7. The van der Waals surface area contributed by atoms with Gasteiger partial charge in [-0.3, -0.25) is 9.59 Å². The van der Waals surface area contributed by atoms with Gasteiger partial charge in [0.1, 0.15) is 11.4 Å². The van der Waals surface area contributed by atoms with E-state index in [2.05, 4.69) is 5.32 Å². The van der Waals surface area contributed by atoms with Crippen LogP contribution in [0.25, 0.3) is 0 Å². The monoisotopic (exact) mass is 236 g/mol. The Morgan fingerprint density at radius 3 is 2.53 bits per heavy atom. The second kappa shape index (κ2) is 7.48. The average Bonchev–Trinajstić information content (AvgIpc) is 2.16.